The van der Waals surface area contributed by atoms with Gasteiger partial charge >= 0.3 is 0 Å². The molecule has 0 aromatic carbocycles. The van der Waals surface area contributed by atoms with Crippen LogP contribution in [0.4, 0.5) is 0 Å². The molecule has 0 amide bonds. The highest BCUT2D eigenvalue weighted by Crippen LogP contribution is 2.24. The number of aryl methyl sites for hydroxylation is 2. The minimum atomic E-state index is -0.114. The predicted octanol–water partition coefficient (Wildman–Crippen LogP) is 2.93. The molecule has 1 aromatic rings. The fourth-order valence-corrected chi connectivity index (χ4v) is 3.04. The predicted molar refractivity (Wildman–Crippen MR) is 75.5 cm³/mol. The van der Waals surface area contributed by atoms with E-state index in [1.165, 1.54) is 4.88 Å². The van der Waals surface area contributed by atoms with Crippen molar-refractivity contribution >= 4 is 11.3 Å². The maximum Gasteiger partial charge on any atom is 0.0900 e. The smallest absolute Gasteiger partial charge is 0.0900 e. The molecule has 17 heavy (non-hydrogen) atoms. The third-order valence-electron chi connectivity index (χ3n) is 2.97. The molecule has 98 valence electrons. The van der Waals surface area contributed by atoms with Gasteiger partial charge in [0, 0.05) is 23.0 Å². The van der Waals surface area contributed by atoms with E-state index in [9.17, 15) is 0 Å². The van der Waals surface area contributed by atoms with Gasteiger partial charge in [0.2, 0.25) is 0 Å². The minimum absolute atomic E-state index is 0.114. The lowest BCUT2D eigenvalue weighted by Crippen LogP contribution is -2.46. The van der Waals surface area contributed by atoms with Crippen LogP contribution in [0.5, 0.6) is 0 Å². The molecule has 0 fully saturated rings. The van der Waals surface area contributed by atoms with Gasteiger partial charge in [0.1, 0.15) is 0 Å². The van der Waals surface area contributed by atoms with E-state index in [1.54, 1.807) is 11.3 Å². The molecule has 0 aliphatic rings. The third kappa shape index (κ3) is 4.37. The van der Waals surface area contributed by atoms with Crippen molar-refractivity contribution < 1.29 is 0 Å². The molecule has 2 unspecified atom stereocenters. The Morgan fingerprint density at radius 3 is 2.59 bits per heavy atom. The van der Waals surface area contributed by atoms with E-state index in [2.05, 4.69) is 44.9 Å². The molecule has 0 saturated heterocycles. The van der Waals surface area contributed by atoms with Gasteiger partial charge in [-0.3, -0.25) is 0 Å². The van der Waals surface area contributed by atoms with Crippen molar-refractivity contribution in [2.75, 3.05) is 6.54 Å². The summed E-state index contributed by atoms with van der Waals surface area (Å²) in [4.78, 5) is 5.79. The largest absolute Gasteiger partial charge is 0.324 e. The highest BCUT2D eigenvalue weighted by atomic mass is 32.1. The SMILES string of the molecule is CCCC(C)(N)CNC(C)c1sc(C)nc1C. The molecule has 0 saturated carbocycles. The van der Waals surface area contributed by atoms with Gasteiger partial charge < -0.3 is 11.1 Å². The van der Waals surface area contributed by atoms with Gasteiger partial charge in [-0.05, 0) is 34.1 Å². The van der Waals surface area contributed by atoms with Crippen molar-refractivity contribution in [2.24, 2.45) is 5.73 Å². The van der Waals surface area contributed by atoms with Gasteiger partial charge in [-0.15, -0.1) is 11.3 Å². The molecule has 0 spiro atoms. The topological polar surface area (TPSA) is 50.9 Å². The standard InChI is InChI=1S/C13H25N3S/c1-6-7-13(5,14)8-15-9(2)12-10(3)16-11(4)17-12/h9,15H,6-8,14H2,1-5H3. The summed E-state index contributed by atoms with van der Waals surface area (Å²) in [5, 5.41) is 4.66. The van der Waals surface area contributed by atoms with Gasteiger partial charge in [-0.2, -0.15) is 0 Å². The van der Waals surface area contributed by atoms with Crippen molar-refractivity contribution in [3.63, 3.8) is 0 Å². The quantitative estimate of drug-likeness (QED) is 0.821. The first-order valence-corrected chi connectivity index (χ1v) is 7.13. The van der Waals surface area contributed by atoms with Gasteiger partial charge in [-0.25, -0.2) is 4.98 Å². The molecule has 3 nitrogen and oxygen atoms in total. The zero-order valence-corrected chi connectivity index (χ0v) is 12.4. The average Bonchev–Trinajstić information content (AvgIpc) is 2.54. The molecule has 0 radical (unpaired) electrons. The zero-order chi connectivity index (χ0) is 13.1. The Labute approximate surface area is 109 Å². The molecule has 2 atom stereocenters. The van der Waals surface area contributed by atoms with E-state index in [4.69, 9.17) is 5.73 Å². The maximum absolute atomic E-state index is 6.22. The number of nitrogens with one attached hydrogen (secondary N) is 1. The highest BCUT2D eigenvalue weighted by molar-refractivity contribution is 7.11. The molecule has 3 N–H and O–H groups in total. The number of thiazole rings is 1. The van der Waals surface area contributed by atoms with Crippen molar-refractivity contribution in [3.05, 3.63) is 15.6 Å². The number of hydrogen-bond donors (Lipinski definition) is 2. The molecule has 0 bridgehead atoms. The van der Waals surface area contributed by atoms with E-state index in [0.717, 1.165) is 30.1 Å². The summed E-state index contributed by atoms with van der Waals surface area (Å²) in [6.45, 7) is 11.4. The van der Waals surface area contributed by atoms with Crippen LogP contribution in [0.3, 0.4) is 0 Å². The van der Waals surface area contributed by atoms with Crippen LogP contribution < -0.4 is 11.1 Å². The Kier molecular flexibility index (Phi) is 5.10. The zero-order valence-electron chi connectivity index (χ0n) is 11.6. The van der Waals surface area contributed by atoms with E-state index in [1.807, 2.05) is 0 Å². The molecule has 0 aliphatic carbocycles. The third-order valence-corrected chi connectivity index (χ3v) is 4.22. The van der Waals surface area contributed by atoms with Crippen LogP contribution in [-0.2, 0) is 0 Å². The summed E-state index contributed by atoms with van der Waals surface area (Å²) in [5.74, 6) is 0. The molecular formula is C13H25N3S. The van der Waals surface area contributed by atoms with Crippen molar-refractivity contribution in [1.29, 1.82) is 0 Å². The Balaban J connectivity index is 2.55. The number of aromatic nitrogens is 1. The van der Waals surface area contributed by atoms with Crippen LogP contribution in [0, 0.1) is 13.8 Å². The lowest BCUT2D eigenvalue weighted by atomic mass is 9.97. The number of nitrogens with zero attached hydrogens (tertiary/aromatic N) is 1. The van der Waals surface area contributed by atoms with Gasteiger partial charge in [-0.1, -0.05) is 13.3 Å². The van der Waals surface area contributed by atoms with Crippen molar-refractivity contribution in [1.82, 2.24) is 10.3 Å². The van der Waals surface area contributed by atoms with Gasteiger partial charge in [0.05, 0.1) is 10.7 Å². The van der Waals surface area contributed by atoms with E-state index >= 15 is 0 Å². The molecule has 1 aromatic heterocycles. The summed E-state index contributed by atoms with van der Waals surface area (Å²) in [5.41, 5.74) is 7.25. The summed E-state index contributed by atoms with van der Waals surface area (Å²) in [6.07, 6.45) is 2.18. The summed E-state index contributed by atoms with van der Waals surface area (Å²) < 4.78 is 0. The van der Waals surface area contributed by atoms with Crippen LogP contribution in [0.2, 0.25) is 0 Å². The fraction of sp³-hybridized carbons (Fsp3) is 0.769. The monoisotopic (exact) mass is 255 g/mol. The molecule has 0 aliphatic heterocycles. The Bertz CT molecular complexity index is 358. The Morgan fingerprint density at radius 2 is 2.12 bits per heavy atom. The maximum atomic E-state index is 6.22. The van der Waals surface area contributed by atoms with Crippen molar-refractivity contribution in [2.45, 2.75) is 59.0 Å². The first-order valence-electron chi connectivity index (χ1n) is 6.32. The Morgan fingerprint density at radius 1 is 1.47 bits per heavy atom. The molecule has 4 heteroatoms. The first-order chi connectivity index (χ1) is 7.85. The lowest BCUT2D eigenvalue weighted by molar-refractivity contribution is 0.378. The average molecular weight is 255 g/mol. The first kappa shape index (κ1) is 14.6. The normalized spacial score (nSPS) is 16.8. The van der Waals surface area contributed by atoms with Crippen LogP contribution in [0.25, 0.3) is 0 Å². The van der Waals surface area contributed by atoms with Gasteiger partial charge in [0.15, 0.2) is 0 Å². The van der Waals surface area contributed by atoms with Crippen LogP contribution in [0.15, 0.2) is 0 Å². The number of rotatable bonds is 6. The van der Waals surface area contributed by atoms with Crippen LogP contribution in [-0.4, -0.2) is 17.1 Å². The van der Waals surface area contributed by atoms with Crippen LogP contribution in [0.1, 0.15) is 55.2 Å². The summed E-state index contributed by atoms with van der Waals surface area (Å²) in [7, 11) is 0. The van der Waals surface area contributed by atoms with Gasteiger partial charge in [0.25, 0.3) is 0 Å². The second-order valence-corrected chi connectivity index (χ2v) is 6.42. The Hall–Kier alpha value is -0.450. The summed E-state index contributed by atoms with van der Waals surface area (Å²) in [6, 6.07) is 0.334. The fourth-order valence-electron chi connectivity index (χ4n) is 2.09. The van der Waals surface area contributed by atoms with Crippen LogP contribution >= 0.6 is 11.3 Å². The number of nitrogens with two attached hydrogens (primary N) is 1. The second kappa shape index (κ2) is 5.94. The van der Waals surface area contributed by atoms with Crippen molar-refractivity contribution in [3.8, 4) is 0 Å². The van der Waals surface area contributed by atoms with E-state index in [0.29, 0.717) is 6.04 Å². The number of hydrogen-bond acceptors (Lipinski definition) is 4. The van der Waals surface area contributed by atoms with E-state index < -0.39 is 0 Å². The molecule has 1 rings (SSSR count). The lowest BCUT2D eigenvalue weighted by Gasteiger charge is -2.26. The second-order valence-electron chi connectivity index (χ2n) is 5.19. The minimum Gasteiger partial charge on any atom is -0.324 e. The van der Waals surface area contributed by atoms with E-state index in [-0.39, 0.29) is 5.54 Å². The highest BCUT2D eigenvalue weighted by Gasteiger charge is 2.19. The summed E-state index contributed by atoms with van der Waals surface area (Å²) >= 11 is 1.77. The molecular weight excluding hydrogens is 230 g/mol. The molecule has 1 heterocycles.